The lowest BCUT2D eigenvalue weighted by Gasteiger charge is -2.39. The Labute approximate surface area is 473 Å². The van der Waals surface area contributed by atoms with Crippen molar-refractivity contribution in [1.29, 1.82) is 0 Å². The third-order valence-electron chi connectivity index (χ3n) is 17.1. The molecule has 82 heavy (non-hydrogen) atoms. The highest BCUT2D eigenvalue weighted by atomic mass is 19.1. The number of benzene rings is 2. The summed E-state index contributed by atoms with van der Waals surface area (Å²) >= 11 is 0. The van der Waals surface area contributed by atoms with E-state index in [1.165, 1.54) is 60.3 Å². The maximum absolute atomic E-state index is 16.3. The highest BCUT2D eigenvalue weighted by Gasteiger charge is 2.53. The fourth-order valence-electron chi connectivity index (χ4n) is 12.1. The molecular weight excluding hydrogens is 1070 g/mol. The molecule has 1 amide bonds. The molecule has 0 radical (unpaired) electrons. The van der Waals surface area contributed by atoms with Crippen LogP contribution in [0.4, 0.5) is 10.1 Å². The summed E-state index contributed by atoms with van der Waals surface area (Å²) in [5, 5.41) is 50.2. The topological polar surface area (TPSA) is 282 Å². The SMILES string of the molecule is COc1c(N2CCC(C(C)NC3CCN(C4=C5NC(=O)/C(C)=C\C=C\[C@H](C)[C@H](O)C[C@@H](O)C[C@H](OC(C)=O)[C@H](C)[C@@H](OC)/C=C/O[C@@]6(C)Oc7c(C)c(O)c(c(c7C6=O)C4=O)C5=O)CC3)C2)c(F)cc2c(=O)c(C(=O)O)cn(C3CC3)c12. The number of pyridine rings is 1. The number of likely N-dealkylation sites (tertiary alicyclic amines) is 1. The molecule has 1 aromatic heterocycles. The highest BCUT2D eigenvalue weighted by Crippen LogP contribution is 2.50. The minimum Gasteiger partial charge on any atom is -0.507 e. The minimum atomic E-state index is -2.14. The second-order valence-corrected chi connectivity index (χ2v) is 22.7. The molecule has 2 unspecified atom stereocenters. The molecule has 0 spiro atoms. The van der Waals surface area contributed by atoms with Gasteiger partial charge in [0.1, 0.15) is 40.2 Å². The van der Waals surface area contributed by atoms with E-state index in [1.54, 1.807) is 35.5 Å². The molecule has 10 rings (SSSR count). The van der Waals surface area contributed by atoms with Gasteiger partial charge in [0.15, 0.2) is 11.6 Å². The Morgan fingerprint density at radius 1 is 0.939 bits per heavy atom. The van der Waals surface area contributed by atoms with Gasteiger partial charge < -0.3 is 69.1 Å². The number of aromatic nitrogens is 1. The zero-order chi connectivity index (χ0) is 59.4. The predicted octanol–water partition coefficient (Wildman–Crippen LogP) is 5.93. The average molecular weight is 1140 g/mol. The molecule has 22 heteroatoms. The number of carbonyl (C=O) groups is 6. The molecule has 9 atom stereocenters. The van der Waals surface area contributed by atoms with Crippen LogP contribution in [0.2, 0.25) is 0 Å². The Bertz CT molecular complexity index is 3320. The number of ether oxygens (including phenoxy) is 5. The Morgan fingerprint density at radius 2 is 1.63 bits per heavy atom. The van der Waals surface area contributed by atoms with Crippen molar-refractivity contribution in [3.63, 3.8) is 0 Å². The maximum atomic E-state index is 16.3. The molecule has 3 aromatic rings. The van der Waals surface area contributed by atoms with Crippen LogP contribution in [0.15, 0.2) is 64.6 Å². The van der Waals surface area contributed by atoms with Crippen LogP contribution in [0, 0.1) is 30.5 Å². The monoisotopic (exact) mass is 1140 g/mol. The number of ketones is 3. The van der Waals surface area contributed by atoms with Crippen LogP contribution in [-0.2, 0) is 23.8 Å². The van der Waals surface area contributed by atoms with Crippen molar-refractivity contribution in [2.24, 2.45) is 17.8 Å². The van der Waals surface area contributed by atoms with E-state index >= 15 is 14.0 Å². The number of aliphatic hydroxyl groups is 2. The lowest BCUT2D eigenvalue weighted by molar-refractivity contribution is -0.153. The first kappa shape index (κ1) is 59.2. The number of aromatic hydroxyl groups is 1. The molecule has 2 saturated heterocycles. The molecule has 6 N–H and O–H groups in total. The number of carboxylic acid groups (broad SMARTS) is 1. The van der Waals surface area contributed by atoms with Crippen molar-refractivity contribution in [2.75, 3.05) is 45.3 Å². The number of aromatic carboxylic acids is 1. The molecule has 5 aliphatic heterocycles. The van der Waals surface area contributed by atoms with Crippen LogP contribution in [0.1, 0.15) is 140 Å². The lowest BCUT2D eigenvalue weighted by atomic mass is 9.82. The van der Waals surface area contributed by atoms with Gasteiger partial charge in [-0.2, -0.15) is 0 Å². The van der Waals surface area contributed by atoms with Gasteiger partial charge in [0.05, 0.1) is 59.3 Å². The number of phenolic OH excluding ortho intramolecular Hbond substituents is 1. The van der Waals surface area contributed by atoms with E-state index in [0.29, 0.717) is 37.9 Å². The number of fused-ring (bicyclic) bond motifs is 15. The van der Waals surface area contributed by atoms with E-state index in [1.807, 2.05) is 11.8 Å². The van der Waals surface area contributed by atoms with Gasteiger partial charge in [0.2, 0.25) is 17.0 Å². The Morgan fingerprint density at radius 3 is 2.28 bits per heavy atom. The molecule has 6 heterocycles. The van der Waals surface area contributed by atoms with Crippen molar-refractivity contribution in [3.8, 4) is 17.2 Å². The van der Waals surface area contributed by atoms with Crippen LogP contribution < -0.4 is 30.4 Å². The highest BCUT2D eigenvalue weighted by molar-refractivity contribution is 6.32. The van der Waals surface area contributed by atoms with E-state index in [9.17, 15) is 44.4 Å². The summed E-state index contributed by atoms with van der Waals surface area (Å²) in [5.74, 6) is -9.98. The van der Waals surface area contributed by atoms with Crippen molar-refractivity contribution in [2.45, 2.75) is 142 Å². The van der Waals surface area contributed by atoms with Gasteiger partial charge in [-0.25, -0.2) is 9.18 Å². The van der Waals surface area contributed by atoms with Crippen LogP contribution in [-0.4, -0.2) is 148 Å². The van der Waals surface area contributed by atoms with Gasteiger partial charge in [-0.3, -0.25) is 28.8 Å². The summed E-state index contributed by atoms with van der Waals surface area (Å²) < 4.78 is 47.4. The Kier molecular flexibility index (Phi) is 16.9. The number of amides is 1. The molecular formula is C60H72FN5O16. The molecule has 2 aromatic carbocycles. The molecule has 440 valence electrons. The Hall–Kier alpha value is -7.40. The summed E-state index contributed by atoms with van der Waals surface area (Å²) in [7, 11) is 2.81. The number of nitrogens with zero attached hydrogens (tertiary/aromatic N) is 3. The number of piperidine rings is 1. The summed E-state index contributed by atoms with van der Waals surface area (Å²) in [6.07, 6.45) is 7.63. The van der Waals surface area contributed by atoms with E-state index in [2.05, 4.69) is 10.6 Å². The first-order valence-corrected chi connectivity index (χ1v) is 27.9. The largest absolute Gasteiger partial charge is 0.507 e. The van der Waals surface area contributed by atoms with Gasteiger partial charge in [0, 0.05) is 101 Å². The third-order valence-corrected chi connectivity index (χ3v) is 17.1. The average Bonchev–Trinajstić information content (AvgIpc) is 3.10. The Balaban J connectivity index is 0.992. The summed E-state index contributed by atoms with van der Waals surface area (Å²) in [4.78, 5) is 100. The number of hydrogen-bond acceptors (Lipinski definition) is 18. The fourth-order valence-corrected chi connectivity index (χ4v) is 12.1. The van der Waals surface area contributed by atoms with Crippen molar-refractivity contribution >= 4 is 51.8 Å². The van der Waals surface area contributed by atoms with E-state index in [4.69, 9.17) is 23.7 Å². The van der Waals surface area contributed by atoms with E-state index in [-0.39, 0.29) is 94.9 Å². The predicted molar refractivity (Wildman–Crippen MR) is 297 cm³/mol. The van der Waals surface area contributed by atoms with Gasteiger partial charge in [-0.1, -0.05) is 32.1 Å². The smallest absolute Gasteiger partial charge is 0.341 e. The number of esters is 1. The first-order valence-electron chi connectivity index (χ1n) is 27.9. The van der Waals surface area contributed by atoms with Crippen LogP contribution >= 0.6 is 0 Å². The van der Waals surface area contributed by atoms with Gasteiger partial charge in [0.25, 0.3) is 11.7 Å². The first-order chi connectivity index (χ1) is 38.9. The number of aliphatic hydroxyl groups excluding tert-OH is 2. The number of nitrogens with one attached hydrogen (secondary N) is 2. The number of carbonyl (C=O) groups excluding carboxylic acids is 5. The zero-order valence-electron chi connectivity index (χ0n) is 47.5. The van der Waals surface area contributed by atoms with Gasteiger partial charge >= 0.3 is 17.7 Å². The summed E-state index contributed by atoms with van der Waals surface area (Å²) in [5.41, 5.74) is -2.42. The van der Waals surface area contributed by atoms with Gasteiger partial charge in [-0.05, 0) is 77.4 Å². The maximum Gasteiger partial charge on any atom is 0.341 e. The lowest BCUT2D eigenvalue weighted by Crippen LogP contribution is -2.49. The van der Waals surface area contributed by atoms with Gasteiger partial charge in [-0.15, -0.1) is 0 Å². The molecule has 5 bridgehead atoms. The van der Waals surface area contributed by atoms with E-state index < -0.39 is 117 Å². The number of Topliss-reactive ketones (excluding diaryl/α,β-unsaturated/α-hetero) is 3. The number of phenols is 1. The zero-order valence-corrected chi connectivity index (χ0v) is 47.5. The van der Waals surface area contributed by atoms with Crippen molar-refractivity contribution in [3.05, 3.63) is 104 Å². The second kappa shape index (κ2) is 23.5. The van der Waals surface area contributed by atoms with Crippen molar-refractivity contribution < 1.29 is 77.3 Å². The number of carboxylic acids is 1. The molecule has 2 aliphatic carbocycles. The van der Waals surface area contributed by atoms with Crippen LogP contribution in [0.25, 0.3) is 10.9 Å². The van der Waals surface area contributed by atoms with Crippen LogP contribution in [0.5, 0.6) is 17.2 Å². The molecule has 21 nitrogen and oxygen atoms in total. The number of methoxy groups -OCH3 is 2. The number of anilines is 1. The van der Waals surface area contributed by atoms with E-state index in [0.717, 1.165) is 25.2 Å². The normalized spacial score (nSPS) is 28.5. The molecule has 1 saturated carbocycles. The number of halogens is 1. The van der Waals surface area contributed by atoms with Crippen molar-refractivity contribution in [1.82, 2.24) is 20.1 Å². The third kappa shape index (κ3) is 11.2. The number of hydrogen-bond donors (Lipinski definition) is 6. The minimum absolute atomic E-state index is 0.0161. The quantitative estimate of drug-likeness (QED) is 0.128. The second-order valence-electron chi connectivity index (χ2n) is 22.7. The fraction of sp³-hybridized carbons (Fsp3) is 0.517. The number of allylic oxidation sites excluding steroid dienone is 4. The summed E-state index contributed by atoms with van der Waals surface area (Å²) in [6.45, 7) is 12.2. The standard InChI is InChI=1S/C60H72FN5O16/c1-28-11-10-12-29(2)58(75)63-47-50(64-20-16-35(17-21-64)62-32(5)34-15-19-65(26-34)49-40(61)25-38-48(56(49)79-9)66(36-13-14-36)27-39(52(38)71)59(76)77)54(73)44-45(53(47)72)51(70)31(4)55-46(44)57(74)60(7,82-55)80-22-18-42(78-8)30(3)43(81-33(6)67)24-37(68)23-41(28)69/h10-12,18,22,25,27-28,30,32,34-37,41-43,62,68-70H,13-17,19-21,23-24,26H2,1-9H3,(H,63,75)(H,76,77)/b11-10+,22-18+,29-12-/t28-,30+,32?,34?,37+,41+,42-,43-,60-/m0/s1. The number of rotatable bonds is 10. The van der Waals surface area contributed by atoms with Crippen LogP contribution in [0.3, 0.4) is 0 Å². The molecule has 3 fully saturated rings. The molecule has 7 aliphatic rings. The summed E-state index contributed by atoms with van der Waals surface area (Å²) in [6, 6.07) is 0.838.